The number of para-hydroxylation sites is 1. The molecule has 2 aliphatic rings. The summed E-state index contributed by atoms with van der Waals surface area (Å²) in [6.45, 7) is 3.58. The van der Waals surface area contributed by atoms with Gasteiger partial charge in [0, 0.05) is 26.3 Å². The lowest BCUT2D eigenvalue weighted by Gasteiger charge is -2.29. The largest absolute Gasteiger partial charge is 0.478 e. The molecule has 0 radical (unpaired) electrons. The predicted molar refractivity (Wildman–Crippen MR) is 72.9 cm³/mol. The maximum atomic E-state index is 11.4. The molecule has 0 unspecified atom stereocenters. The van der Waals surface area contributed by atoms with E-state index in [0.29, 0.717) is 11.5 Å². The van der Waals surface area contributed by atoms with Gasteiger partial charge in [-0.2, -0.15) is 0 Å². The highest BCUT2D eigenvalue weighted by Gasteiger charge is 2.27. The van der Waals surface area contributed by atoms with E-state index in [4.69, 9.17) is 4.74 Å². The number of benzene rings is 1. The molecule has 19 heavy (non-hydrogen) atoms. The van der Waals surface area contributed by atoms with Gasteiger partial charge in [0.05, 0.1) is 11.3 Å². The highest BCUT2D eigenvalue weighted by atomic mass is 16.5. The van der Waals surface area contributed by atoms with E-state index in [9.17, 15) is 9.90 Å². The number of aromatic carboxylic acids is 1. The molecule has 4 nitrogen and oxygen atoms in total. The van der Waals surface area contributed by atoms with E-state index in [0.717, 1.165) is 51.3 Å². The molecule has 0 amide bonds. The third-order valence-electron chi connectivity index (χ3n) is 4.14. The second kappa shape index (κ2) is 5.21. The first-order chi connectivity index (χ1) is 9.25. The lowest BCUT2D eigenvalue weighted by atomic mass is 9.99. The summed E-state index contributed by atoms with van der Waals surface area (Å²) < 4.78 is 5.38. The lowest BCUT2D eigenvalue weighted by Crippen LogP contribution is -2.32. The van der Waals surface area contributed by atoms with Gasteiger partial charge in [-0.3, -0.25) is 0 Å². The van der Waals surface area contributed by atoms with E-state index < -0.39 is 5.97 Å². The van der Waals surface area contributed by atoms with Gasteiger partial charge >= 0.3 is 5.97 Å². The van der Waals surface area contributed by atoms with Gasteiger partial charge in [-0.05, 0) is 36.8 Å². The fraction of sp³-hybridized carbons (Fsp3) is 0.533. The van der Waals surface area contributed by atoms with Crippen molar-refractivity contribution in [3.8, 4) is 0 Å². The number of carboxylic acids is 1. The first-order valence-electron chi connectivity index (χ1n) is 6.93. The van der Waals surface area contributed by atoms with Crippen LogP contribution in [0.1, 0.15) is 28.8 Å². The van der Waals surface area contributed by atoms with Gasteiger partial charge in [0.15, 0.2) is 0 Å². The fourth-order valence-corrected chi connectivity index (χ4v) is 3.13. The number of anilines is 1. The van der Waals surface area contributed by atoms with Gasteiger partial charge in [0.2, 0.25) is 0 Å². The molecule has 0 aromatic heterocycles. The minimum atomic E-state index is -0.823. The molecule has 1 N–H and O–H groups in total. The quantitative estimate of drug-likeness (QED) is 0.906. The molecule has 2 aliphatic heterocycles. The predicted octanol–water partition coefficient (Wildman–Crippen LogP) is 2.17. The Morgan fingerprint density at radius 2 is 2.16 bits per heavy atom. The summed E-state index contributed by atoms with van der Waals surface area (Å²) in [5.74, 6) is -0.197. The molecule has 0 saturated carbocycles. The molecule has 3 rings (SSSR count). The number of ether oxygens (including phenoxy) is 1. The van der Waals surface area contributed by atoms with Gasteiger partial charge in [-0.15, -0.1) is 0 Å². The van der Waals surface area contributed by atoms with E-state index in [1.165, 1.54) is 5.56 Å². The minimum Gasteiger partial charge on any atom is -0.478 e. The van der Waals surface area contributed by atoms with Crippen LogP contribution in [0.15, 0.2) is 18.2 Å². The summed E-state index contributed by atoms with van der Waals surface area (Å²) >= 11 is 0. The molecule has 4 heteroatoms. The summed E-state index contributed by atoms with van der Waals surface area (Å²) in [6, 6.07) is 5.61. The topological polar surface area (TPSA) is 49.8 Å². The van der Waals surface area contributed by atoms with Crippen molar-refractivity contribution in [3.63, 3.8) is 0 Å². The van der Waals surface area contributed by atoms with Crippen LogP contribution in [0.2, 0.25) is 0 Å². The number of hydrogen-bond donors (Lipinski definition) is 1. The zero-order chi connectivity index (χ0) is 13.2. The Morgan fingerprint density at radius 3 is 2.89 bits per heavy atom. The van der Waals surface area contributed by atoms with E-state index in [1.807, 2.05) is 12.1 Å². The van der Waals surface area contributed by atoms with Crippen molar-refractivity contribution in [2.24, 2.45) is 5.92 Å². The molecule has 0 spiro atoms. The average molecular weight is 261 g/mol. The monoisotopic (exact) mass is 261 g/mol. The Morgan fingerprint density at radius 1 is 1.37 bits per heavy atom. The number of fused-ring (bicyclic) bond motifs is 1. The highest BCUT2D eigenvalue weighted by Crippen LogP contribution is 2.33. The fourth-order valence-electron chi connectivity index (χ4n) is 3.13. The average Bonchev–Trinajstić information content (AvgIpc) is 2.83. The van der Waals surface area contributed by atoms with Crippen molar-refractivity contribution in [2.45, 2.75) is 19.3 Å². The molecule has 1 saturated heterocycles. The third-order valence-corrected chi connectivity index (χ3v) is 4.14. The van der Waals surface area contributed by atoms with Crippen LogP contribution < -0.4 is 4.90 Å². The van der Waals surface area contributed by atoms with Crippen molar-refractivity contribution in [1.29, 1.82) is 0 Å². The maximum absolute atomic E-state index is 11.4. The van der Waals surface area contributed by atoms with E-state index in [2.05, 4.69) is 4.90 Å². The number of nitrogens with zero attached hydrogens (tertiary/aromatic N) is 1. The Kier molecular flexibility index (Phi) is 3.42. The second-order valence-electron chi connectivity index (χ2n) is 5.37. The van der Waals surface area contributed by atoms with Crippen molar-refractivity contribution >= 4 is 11.7 Å². The standard InChI is InChI=1S/C15H19NO3/c17-15(18)13-3-1-2-12-4-7-16(14(12)13)10-11-5-8-19-9-6-11/h1-3,11H,4-10H2,(H,17,18). The van der Waals surface area contributed by atoms with Gasteiger partial charge in [-0.25, -0.2) is 4.79 Å². The molecule has 1 aromatic carbocycles. The molecule has 0 aliphatic carbocycles. The van der Waals surface area contributed by atoms with E-state index >= 15 is 0 Å². The summed E-state index contributed by atoms with van der Waals surface area (Å²) in [5.41, 5.74) is 2.57. The number of carboxylic acid groups (broad SMARTS) is 1. The first-order valence-corrected chi connectivity index (χ1v) is 6.93. The molecule has 0 bridgehead atoms. The Hall–Kier alpha value is -1.55. The molecule has 102 valence electrons. The van der Waals surface area contributed by atoms with Crippen LogP contribution in [0.5, 0.6) is 0 Å². The number of rotatable bonds is 3. The summed E-state index contributed by atoms with van der Waals surface area (Å²) in [7, 11) is 0. The molecule has 1 fully saturated rings. The van der Waals surface area contributed by atoms with Crippen LogP contribution >= 0.6 is 0 Å². The smallest absolute Gasteiger partial charge is 0.337 e. The van der Waals surface area contributed by atoms with Gasteiger partial charge < -0.3 is 14.7 Å². The normalized spacial score (nSPS) is 19.5. The maximum Gasteiger partial charge on any atom is 0.337 e. The van der Waals surface area contributed by atoms with Crippen LogP contribution in [0.4, 0.5) is 5.69 Å². The molecule has 0 atom stereocenters. The van der Waals surface area contributed by atoms with Crippen molar-refractivity contribution in [3.05, 3.63) is 29.3 Å². The van der Waals surface area contributed by atoms with Crippen molar-refractivity contribution in [1.82, 2.24) is 0 Å². The lowest BCUT2D eigenvalue weighted by molar-refractivity contribution is 0.0677. The zero-order valence-corrected chi connectivity index (χ0v) is 11.0. The van der Waals surface area contributed by atoms with Crippen molar-refractivity contribution in [2.75, 3.05) is 31.2 Å². The van der Waals surface area contributed by atoms with Gasteiger partial charge in [0.25, 0.3) is 0 Å². The number of hydrogen-bond acceptors (Lipinski definition) is 3. The van der Waals surface area contributed by atoms with Crippen LogP contribution in [0.3, 0.4) is 0 Å². The molecular formula is C15H19NO3. The molecule has 1 aromatic rings. The summed E-state index contributed by atoms with van der Waals surface area (Å²) in [4.78, 5) is 13.6. The molecule has 2 heterocycles. The van der Waals surface area contributed by atoms with Gasteiger partial charge in [-0.1, -0.05) is 12.1 Å². The number of carbonyl (C=O) groups is 1. The van der Waals surface area contributed by atoms with E-state index in [1.54, 1.807) is 6.07 Å². The Balaban J connectivity index is 1.82. The summed E-state index contributed by atoms with van der Waals surface area (Å²) in [5, 5.41) is 9.33. The van der Waals surface area contributed by atoms with Crippen LogP contribution in [-0.2, 0) is 11.2 Å². The minimum absolute atomic E-state index is 0.446. The highest BCUT2D eigenvalue weighted by molar-refractivity contribution is 5.96. The van der Waals surface area contributed by atoms with Crippen LogP contribution in [0, 0.1) is 5.92 Å². The van der Waals surface area contributed by atoms with Crippen LogP contribution in [-0.4, -0.2) is 37.4 Å². The van der Waals surface area contributed by atoms with E-state index in [-0.39, 0.29) is 0 Å². The zero-order valence-electron chi connectivity index (χ0n) is 11.0. The SMILES string of the molecule is O=C(O)c1cccc2c1N(CC1CCOCC1)CC2. The molecular weight excluding hydrogens is 242 g/mol. The first kappa shape index (κ1) is 12.5. The van der Waals surface area contributed by atoms with Gasteiger partial charge in [0.1, 0.15) is 0 Å². The van der Waals surface area contributed by atoms with Crippen LogP contribution in [0.25, 0.3) is 0 Å². The Labute approximate surface area is 113 Å². The van der Waals surface area contributed by atoms with Crippen molar-refractivity contribution < 1.29 is 14.6 Å². The Bertz CT molecular complexity index is 480. The second-order valence-corrected chi connectivity index (χ2v) is 5.37. The summed E-state index contributed by atoms with van der Waals surface area (Å²) in [6.07, 6.45) is 3.13. The third kappa shape index (κ3) is 2.45.